The molecule has 0 unspecified atom stereocenters. The van der Waals surface area contributed by atoms with E-state index in [1.807, 2.05) is 23.9 Å². The number of hydrogen-bond donors (Lipinski definition) is 1. The summed E-state index contributed by atoms with van der Waals surface area (Å²) in [6, 6.07) is 16.3. The van der Waals surface area contributed by atoms with E-state index in [2.05, 4.69) is 46.3 Å². The van der Waals surface area contributed by atoms with Crippen molar-refractivity contribution in [3.63, 3.8) is 0 Å². The topological polar surface area (TPSA) is 56.1 Å². The van der Waals surface area contributed by atoms with Crippen LogP contribution in [0.5, 0.6) is 0 Å². The maximum atomic E-state index is 12.3. The van der Waals surface area contributed by atoms with Crippen molar-refractivity contribution in [1.82, 2.24) is 14.9 Å². The third kappa shape index (κ3) is 5.93. The summed E-state index contributed by atoms with van der Waals surface area (Å²) in [5.41, 5.74) is 4.07. The number of benzene rings is 2. The Kier molecular flexibility index (Phi) is 8.24. The second-order valence-corrected chi connectivity index (χ2v) is 9.57. The van der Waals surface area contributed by atoms with Crippen molar-refractivity contribution < 1.29 is 9.53 Å². The number of para-hydroxylation sites is 2. The van der Waals surface area contributed by atoms with Gasteiger partial charge in [-0.1, -0.05) is 55.3 Å². The van der Waals surface area contributed by atoms with Crippen LogP contribution in [0.1, 0.15) is 54.4 Å². The van der Waals surface area contributed by atoms with Crippen molar-refractivity contribution in [3.05, 3.63) is 59.7 Å². The number of amides is 1. The van der Waals surface area contributed by atoms with Crippen LogP contribution in [0.2, 0.25) is 0 Å². The molecule has 1 heterocycles. The van der Waals surface area contributed by atoms with Crippen molar-refractivity contribution >= 4 is 28.7 Å². The van der Waals surface area contributed by atoms with Crippen LogP contribution in [0.15, 0.2) is 53.7 Å². The minimum atomic E-state index is -0.0375. The van der Waals surface area contributed by atoms with E-state index in [1.54, 1.807) is 7.11 Å². The van der Waals surface area contributed by atoms with Crippen LogP contribution in [0.3, 0.4) is 0 Å². The number of ether oxygens (including phenoxy) is 1. The molecule has 1 aliphatic carbocycles. The van der Waals surface area contributed by atoms with Crippen LogP contribution in [0.4, 0.5) is 0 Å². The fraction of sp³-hybridized carbons (Fsp3) is 0.462. The predicted molar refractivity (Wildman–Crippen MR) is 131 cm³/mol. The van der Waals surface area contributed by atoms with Gasteiger partial charge >= 0.3 is 0 Å². The van der Waals surface area contributed by atoms with Gasteiger partial charge in [0.05, 0.1) is 17.6 Å². The van der Waals surface area contributed by atoms with Gasteiger partial charge < -0.3 is 14.6 Å². The zero-order valence-electron chi connectivity index (χ0n) is 18.9. The van der Waals surface area contributed by atoms with Gasteiger partial charge in [0.25, 0.3) is 5.91 Å². The van der Waals surface area contributed by atoms with Gasteiger partial charge in [-0.05, 0) is 55.0 Å². The molecule has 1 fully saturated rings. The number of hydrogen-bond acceptors (Lipinski definition) is 4. The summed E-state index contributed by atoms with van der Waals surface area (Å²) in [5, 5.41) is 4.04. The highest BCUT2D eigenvalue weighted by Crippen LogP contribution is 2.31. The summed E-state index contributed by atoms with van der Waals surface area (Å²) in [4.78, 5) is 17.3. The van der Waals surface area contributed by atoms with Gasteiger partial charge in [0.15, 0.2) is 5.16 Å². The van der Waals surface area contributed by atoms with Crippen LogP contribution >= 0.6 is 11.8 Å². The lowest BCUT2D eigenvalue weighted by atomic mass is 9.91. The average Bonchev–Trinajstić information content (AvgIpc) is 3.19. The normalized spacial score (nSPS) is 14.7. The molecule has 6 heteroatoms. The molecule has 5 nitrogen and oxygen atoms in total. The van der Waals surface area contributed by atoms with Gasteiger partial charge in [-0.15, -0.1) is 0 Å². The van der Waals surface area contributed by atoms with E-state index in [0.29, 0.717) is 18.7 Å². The molecule has 0 bridgehead atoms. The van der Waals surface area contributed by atoms with Crippen molar-refractivity contribution in [2.75, 3.05) is 26.0 Å². The molecular formula is C26H33N3O2S. The van der Waals surface area contributed by atoms with Crippen LogP contribution in [-0.2, 0) is 11.3 Å². The summed E-state index contributed by atoms with van der Waals surface area (Å²) < 4.78 is 7.35. The highest BCUT2D eigenvalue weighted by molar-refractivity contribution is 7.99. The second kappa shape index (κ2) is 11.5. The monoisotopic (exact) mass is 451 g/mol. The first-order valence-electron chi connectivity index (χ1n) is 11.7. The van der Waals surface area contributed by atoms with Crippen LogP contribution in [0.25, 0.3) is 11.0 Å². The van der Waals surface area contributed by atoms with E-state index in [4.69, 9.17) is 9.72 Å². The standard InChI is InChI=1S/C26H33N3O2S/c1-31-17-7-16-27-25(30)22-14-12-20(13-15-22)18-29-24-11-6-5-10-23(24)28-26(29)32-19-21-8-3-2-4-9-21/h5-6,10-15,21H,2-4,7-9,16-19H2,1H3,(H,27,30). The number of methoxy groups -OCH3 is 1. The van der Waals surface area contributed by atoms with Crippen molar-refractivity contribution in [2.45, 2.75) is 50.2 Å². The van der Waals surface area contributed by atoms with Crippen molar-refractivity contribution in [3.8, 4) is 0 Å². The fourth-order valence-electron chi connectivity index (χ4n) is 4.33. The minimum absolute atomic E-state index is 0.0375. The number of aromatic nitrogens is 2. The Morgan fingerprint density at radius 3 is 2.69 bits per heavy atom. The summed E-state index contributed by atoms with van der Waals surface area (Å²) >= 11 is 1.90. The lowest BCUT2D eigenvalue weighted by Crippen LogP contribution is -2.25. The predicted octanol–water partition coefficient (Wildman–Crippen LogP) is 5.52. The highest BCUT2D eigenvalue weighted by Gasteiger charge is 2.17. The van der Waals surface area contributed by atoms with Gasteiger partial charge in [-0.2, -0.15) is 0 Å². The number of nitrogens with one attached hydrogen (secondary N) is 1. The third-order valence-electron chi connectivity index (χ3n) is 6.16. The molecular weight excluding hydrogens is 418 g/mol. The number of fused-ring (bicyclic) bond motifs is 1. The first-order valence-corrected chi connectivity index (χ1v) is 12.7. The Morgan fingerprint density at radius 2 is 1.91 bits per heavy atom. The molecule has 1 aromatic heterocycles. The molecule has 1 aliphatic rings. The van der Waals surface area contributed by atoms with Gasteiger partial charge in [-0.25, -0.2) is 4.98 Å². The fourth-order valence-corrected chi connectivity index (χ4v) is 5.53. The number of nitrogens with zero attached hydrogens (tertiary/aromatic N) is 2. The quantitative estimate of drug-likeness (QED) is 0.326. The molecule has 170 valence electrons. The summed E-state index contributed by atoms with van der Waals surface area (Å²) in [7, 11) is 1.67. The molecule has 1 amide bonds. The van der Waals surface area contributed by atoms with Crippen LogP contribution in [-0.4, -0.2) is 41.5 Å². The number of rotatable bonds is 10. The molecule has 0 saturated heterocycles. The van der Waals surface area contributed by atoms with E-state index >= 15 is 0 Å². The summed E-state index contributed by atoms with van der Waals surface area (Å²) in [6.07, 6.45) is 7.64. The number of thioether (sulfide) groups is 1. The van der Waals surface area contributed by atoms with Gasteiger partial charge in [-0.3, -0.25) is 4.79 Å². The third-order valence-corrected chi connectivity index (χ3v) is 7.37. The van der Waals surface area contributed by atoms with E-state index in [1.165, 1.54) is 43.2 Å². The van der Waals surface area contributed by atoms with Crippen molar-refractivity contribution in [2.24, 2.45) is 5.92 Å². The molecule has 4 rings (SSSR count). The second-order valence-electron chi connectivity index (χ2n) is 8.58. The van der Waals surface area contributed by atoms with E-state index < -0.39 is 0 Å². The van der Waals surface area contributed by atoms with E-state index in [0.717, 1.165) is 35.3 Å². The molecule has 0 radical (unpaired) electrons. The smallest absolute Gasteiger partial charge is 0.251 e. The number of imidazole rings is 1. The molecule has 0 aliphatic heterocycles. The Hall–Kier alpha value is -2.31. The lowest BCUT2D eigenvalue weighted by Gasteiger charge is -2.21. The summed E-state index contributed by atoms with van der Waals surface area (Å²) in [5.74, 6) is 1.92. The summed E-state index contributed by atoms with van der Waals surface area (Å²) in [6.45, 7) is 2.03. The van der Waals surface area contributed by atoms with Gasteiger partial charge in [0.2, 0.25) is 0 Å². The highest BCUT2D eigenvalue weighted by atomic mass is 32.2. The van der Waals surface area contributed by atoms with E-state index in [-0.39, 0.29) is 5.91 Å². The zero-order valence-corrected chi connectivity index (χ0v) is 19.7. The Bertz CT molecular complexity index is 1010. The minimum Gasteiger partial charge on any atom is -0.385 e. The average molecular weight is 452 g/mol. The van der Waals surface area contributed by atoms with Crippen LogP contribution in [0, 0.1) is 5.92 Å². The Morgan fingerprint density at radius 1 is 1.12 bits per heavy atom. The molecule has 1 saturated carbocycles. The molecule has 0 atom stereocenters. The van der Waals surface area contributed by atoms with Crippen molar-refractivity contribution in [1.29, 1.82) is 0 Å². The molecule has 1 N–H and O–H groups in total. The first kappa shape index (κ1) is 22.9. The van der Waals surface area contributed by atoms with Gasteiger partial charge in [0, 0.05) is 31.6 Å². The lowest BCUT2D eigenvalue weighted by molar-refractivity contribution is 0.0948. The number of carbonyl (C=O) groups is 1. The number of carbonyl (C=O) groups excluding carboxylic acids is 1. The molecule has 3 aromatic rings. The molecule has 0 spiro atoms. The zero-order chi connectivity index (χ0) is 22.2. The van der Waals surface area contributed by atoms with Crippen LogP contribution < -0.4 is 5.32 Å². The SMILES string of the molecule is COCCCNC(=O)c1ccc(Cn2c(SCC3CCCCC3)nc3ccccc32)cc1. The maximum absolute atomic E-state index is 12.3. The Balaban J connectivity index is 1.45. The molecule has 2 aromatic carbocycles. The van der Waals surface area contributed by atoms with Gasteiger partial charge in [0.1, 0.15) is 0 Å². The maximum Gasteiger partial charge on any atom is 0.251 e. The first-order chi connectivity index (χ1) is 15.7. The largest absolute Gasteiger partial charge is 0.385 e. The Labute approximate surface area is 194 Å². The molecule has 32 heavy (non-hydrogen) atoms. The van der Waals surface area contributed by atoms with E-state index in [9.17, 15) is 4.79 Å².